The summed E-state index contributed by atoms with van der Waals surface area (Å²) in [6, 6.07) is 20.5. The number of hydrogen-bond donors (Lipinski definition) is 1. The maximum Gasteiger partial charge on any atom is 0.265 e. The van der Waals surface area contributed by atoms with Crippen LogP contribution in [-0.2, 0) is 6.61 Å². The van der Waals surface area contributed by atoms with Crippen LogP contribution < -0.4 is 10.1 Å². The molecular formula is C21H17N3O3S. The maximum atomic E-state index is 12.2. The van der Waals surface area contributed by atoms with Gasteiger partial charge < -0.3 is 14.5 Å². The summed E-state index contributed by atoms with van der Waals surface area (Å²) in [5, 5.41) is 10.9. The molecule has 0 spiro atoms. The molecule has 0 atom stereocenters. The first-order chi connectivity index (χ1) is 13.7. The van der Waals surface area contributed by atoms with Crippen molar-refractivity contribution in [1.82, 2.24) is 10.2 Å². The molecule has 0 radical (unpaired) electrons. The number of nitrogens with one attached hydrogen (secondary N) is 1. The van der Waals surface area contributed by atoms with E-state index in [1.807, 2.05) is 49.4 Å². The second kappa shape index (κ2) is 8.06. The molecule has 0 aliphatic heterocycles. The topological polar surface area (TPSA) is 77.2 Å². The molecule has 7 heteroatoms. The Labute approximate surface area is 165 Å². The number of thiophene rings is 1. The first kappa shape index (κ1) is 17.9. The van der Waals surface area contributed by atoms with Crippen LogP contribution in [0.15, 0.2) is 71.1 Å². The van der Waals surface area contributed by atoms with E-state index in [1.54, 1.807) is 24.3 Å². The van der Waals surface area contributed by atoms with Crippen molar-refractivity contribution in [3.63, 3.8) is 0 Å². The zero-order valence-electron chi connectivity index (χ0n) is 15.1. The molecule has 4 rings (SSSR count). The van der Waals surface area contributed by atoms with Gasteiger partial charge in [-0.3, -0.25) is 4.79 Å². The van der Waals surface area contributed by atoms with E-state index in [2.05, 4.69) is 15.5 Å². The number of nitrogens with zero attached hydrogens (tertiary/aromatic N) is 2. The van der Waals surface area contributed by atoms with Crippen LogP contribution in [0.4, 0.5) is 5.69 Å². The molecule has 0 aliphatic carbocycles. The van der Waals surface area contributed by atoms with Gasteiger partial charge >= 0.3 is 0 Å². The third kappa shape index (κ3) is 4.27. The zero-order chi connectivity index (χ0) is 19.3. The Bertz CT molecular complexity index is 1070. The van der Waals surface area contributed by atoms with E-state index in [9.17, 15) is 4.79 Å². The predicted octanol–water partition coefficient (Wildman–Crippen LogP) is 4.94. The van der Waals surface area contributed by atoms with Crippen molar-refractivity contribution in [2.24, 2.45) is 0 Å². The van der Waals surface area contributed by atoms with Gasteiger partial charge in [0.15, 0.2) is 6.61 Å². The highest BCUT2D eigenvalue weighted by molar-refractivity contribution is 7.14. The van der Waals surface area contributed by atoms with E-state index in [0.29, 0.717) is 28.1 Å². The maximum absolute atomic E-state index is 12.2. The molecule has 28 heavy (non-hydrogen) atoms. The minimum absolute atomic E-state index is 0.119. The number of carbonyl (C=O) groups excluding carboxylic acids is 1. The van der Waals surface area contributed by atoms with Crippen molar-refractivity contribution in [2.75, 3.05) is 5.32 Å². The summed E-state index contributed by atoms with van der Waals surface area (Å²) in [6.45, 7) is 2.14. The molecule has 0 bridgehead atoms. The lowest BCUT2D eigenvalue weighted by molar-refractivity contribution is 0.103. The third-order valence-electron chi connectivity index (χ3n) is 3.93. The number of rotatable bonds is 6. The lowest BCUT2D eigenvalue weighted by Crippen LogP contribution is -2.09. The summed E-state index contributed by atoms with van der Waals surface area (Å²) in [5.74, 6) is 1.38. The van der Waals surface area contributed by atoms with Crippen molar-refractivity contribution < 1.29 is 13.9 Å². The Morgan fingerprint density at radius 3 is 2.54 bits per heavy atom. The fraction of sp³-hybridized carbons (Fsp3) is 0.0952. The monoisotopic (exact) mass is 391 g/mol. The highest BCUT2D eigenvalue weighted by Gasteiger charge is 2.10. The SMILES string of the molecule is Cc1ccc(C(=O)Nc2ccc(OCc3nnc(-c4ccccc4)o3)cc2)s1. The van der Waals surface area contributed by atoms with Gasteiger partial charge in [-0.2, -0.15) is 0 Å². The Kier molecular flexibility index (Phi) is 5.16. The van der Waals surface area contributed by atoms with E-state index in [0.717, 1.165) is 10.4 Å². The Morgan fingerprint density at radius 2 is 1.82 bits per heavy atom. The first-order valence-corrected chi connectivity index (χ1v) is 9.47. The molecule has 2 heterocycles. The molecule has 2 aromatic carbocycles. The smallest absolute Gasteiger partial charge is 0.265 e. The molecule has 0 unspecified atom stereocenters. The molecule has 2 aromatic heterocycles. The highest BCUT2D eigenvalue weighted by atomic mass is 32.1. The number of aryl methyl sites for hydroxylation is 1. The van der Waals surface area contributed by atoms with Gasteiger partial charge in [-0.15, -0.1) is 21.5 Å². The predicted molar refractivity (Wildman–Crippen MR) is 108 cm³/mol. The van der Waals surface area contributed by atoms with Gasteiger partial charge in [0.2, 0.25) is 5.89 Å². The van der Waals surface area contributed by atoms with Crippen molar-refractivity contribution in [3.8, 4) is 17.2 Å². The number of ether oxygens (including phenoxy) is 1. The average molecular weight is 391 g/mol. The summed E-state index contributed by atoms with van der Waals surface area (Å²) in [6.07, 6.45) is 0. The molecule has 1 N–H and O–H groups in total. The van der Waals surface area contributed by atoms with Gasteiger partial charge in [0.1, 0.15) is 5.75 Å². The van der Waals surface area contributed by atoms with Crippen molar-refractivity contribution >= 4 is 22.9 Å². The van der Waals surface area contributed by atoms with Crippen LogP contribution in [0.2, 0.25) is 0 Å². The summed E-state index contributed by atoms with van der Waals surface area (Å²) in [4.78, 5) is 14.0. The van der Waals surface area contributed by atoms with E-state index < -0.39 is 0 Å². The molecule has 1 amide bonds. The lowest BCUT2D eigenvalue weighted by Gasteiger charge is -2.06. The van der Waals surface area contributed by atoms with Crippen molar-refractivity contribution in [1.29, 1.82) is 0 Å². The van der Waals surface area contributed by atoms with Crippen LogP contribution >= 0.6 is 11.3 Å². The minimum atomic E-state index is -0.119. The van der Waals surface area contributed by atoms with Crippen LogP contribution in [0, 0.1) is 6.92 Å². The van der Waals surface area contributed by atoms with Crippen LogP contribution in [0.3, 0.4) is 0 Å². The van der Waals surface area contributed by atoms with Gasteiger partial charge in [-0.1, -0.05) is 18.2 Å². The van der Waals surface area contributed by atoms with Crippen LogP contribution in [0.25, 0.3) is 11.5 Å². The fourth-order valence-electron chi connectivity index (χ4n) is 2.54. The van der Waals surface area contributed by atoms with E-state index in [1.165, 1.54) is 11.3 Å². The number of benzene rings is 2. The number of hydrogen-bond acceptors (Lipinski definition) is 6. The number of aromatic nitrogens is 2. The summed E-state index contributed by atoms with van der Waals surface area (Å²) < 4.78 is 11.3. The lowest BCUT2D eigenvalue weighted by atomic mass is 10.2. The number of amides is 1. The summed E-state index contributed by atoms with van der Waals surface area (Å²) in [5.41, 5.74) is 1.56. The second-order valence-electron chi connectivity index (χ2n) is 6.04. The van der Waals surface area contributed by atoms with E-state index in [-0.39, 0.29) is 12.5 Å². The zero-order valence-corrected chi connectivity index (χ0v) is 15.9. The van der Waals surface area contributed by atoms with Crippen molar-refractivity contribution in [2.45, 2.75) is 13.5 Å². The fourth-order valence-corrected chi connectivity index (χ4v) is 3.30. The molecule has 140 valence electrons. The molecule has 4 aromatic rings. The summed E-state index contributed by atoms with van der Waals surface area (Å²) >= 11 is 1.46. The minimum Gasteiger partial charge on any atom is -0.484 e. The van der Waals surface area contributed by atoms with Crippen LogP contribution in [0.5, 0.6) is 5.75 Å². The number of carbonyl (C=O) groups is 1. The third-order valence-corrected chi connectivity index (χ3v) is 4.93. The molecular weight excluding hydrogens is 374 g/mol. The second-order valence-corrected chi connectivity index (χ2v) is 7.33. The average Bonchev–Trinajstić information content (AvgIpc) is 3.37. The molecule has 0 saturated carbocycles. The molecule has 0 aliphatic rings. The molecule has 6 nitrogen and oxygen atoms in total. The van der Waals surface area contributed by atoms with Gasteiger partial charge in [-0.25, -0.2) is 0 Å². The van der Waals surface area contributed by atoms with Crippen LogP contribution in [0.1, 0.15) is 20.4 Å². The van der Waals surface area contributed by atoms with Crippen LogP contribution in [-0.4, -0.2) is 16.1 Å². The van der Waals surface area contributed by atoms with Gasteiger partial charge in [0.05, 0.1) is 4.88 Å². The standard InChI is InChI=1S/C21H17N3O3S/c1-14-7-12-18(28-14)20(25)22-16-8-10-17(11-9-16)26-13-19-23-24-21(27-19)15-5-3-2-4-6-15/h2-12H,13H2,1H3,(H,22,25). The molecule has 0 fully saturated rings. The van der Waals surface area contributed by atoms with E-state index in [4.69, 9.17) is 9.15 Å². The first-order valence-electron chi connectivity index (χ1n) is 8.66. The number of anilines is 1. The Hall–Kier alpha value is -3.45. The quantitative estimate of drug-likeness (QED) is 0.504. The Morgan fingerprint density at radius 1 is 1.04 bits per heavy atom. The normalized spacial score (nSPS) is 10.6. The van der Waals surface area contributed by atoms with E-state index >= 15 is 0 Å². The molecule has 0 saturated heterocycles. The highest BCUT2D eigenvalue weighted by Crippen LogP contribution is 2.21. The largest absolute Gasteiger partial charge is 0.484 e. The van der Waals surface area contributed by atoms with Crippen molar-refractivity contribution in [3.05, 3.63) is 82.4 Å². The Balaban J connectivity index is 1.34. The van der Waals surface area contributed by atoms with Gasteiger partial charge in [-0.05, 0) is 55.5 Å². The summed E-state index contributed by atoms with van der Waals surface area (Å²) in [7, 11) is 0. The van der Waals surface area contributed by atoms with Gasteiger partial charge in [0.25, 0.3) is 11.8 Å². The van der Waals surface area contributed by atoms with Gasteiger partial charge in [0, 0.05) is 16.1 Å².